The third kappa shape index (κ3) is 3.36. The number of hydrogen-bond donors (Lipinski definition) is 2. The van der Waals surface area contributed by atoms with Crippen molar-refractivity contribution in [2.24, 2.45) is 5.92 Å². The van der Waals surface area contributed by atoms with E-state index in [9.17, 15) is 19.5 Å². The number of benzene rings is 1. The first-order valence-electron chi connectivity index (χ1n) is 7.68. The molecule has 2 rings (SSSR count). The Bertz CT molecular complexity index is 641. The van der Waals surface area contributed by atoms with Crippen molar-refractivity contribution >= 4 is 17.8 Å². The monoisotopic (exact) mass is 318 g/mol. The predicted octanol–water partition coefficient (Wildman–Crippen LogP) is 1.35. The van der Waals surface area contributed by atoms with Crippen LogP contribution in [0, 0.1) is 19.8 Å². The van der Waals surface area contributed by atoms with Crippen molar-refractivity contribution in [3.8, 4) is 0 Å². The van der Waals surface area contributed by atoms with Crippen LogP contribution in [0.3, 0.4) is 0 Å². The molecule has 1 aromatic rings. The Morgan fingerprint density at radius 3 is 2.52 bits per heavy atom. The van der Waals surface area contributed by atoms with E-state index in [-0.39, 0.29) is 30.7 Å². The number of carboxylic acids is 1. The molecule has 1 aliphatic heterocycles. The van der Waals surface area contributed by atoms with Crippen LogP contribution in [0.1, 0.15) is 34.3 Å². The summed E-state index contributed by atoms with van der Waals surface area (Å²) in [6.45, 7) is 3.88. The SMILES string of the molecule is CNC(=O)[C@H]1CC[C@@H](C(=O)O)N(C(=O)c2cccc(C)c2C)C1. The molecule has 6 nitrogen and oxygen atoms in total. The van der Waals surface area contributed by atoms with Gasteiger partial charge in [0.2, 0.25) is 5.91 Å². The molecule has 23 heavy (non-hydrogen) atoms. The molecule has 1 heterocycles. The molecule has 1 aromatic carbocycles. The van der Waals surface area contributed by atoms with Crippen LogP contribution in [0.5, 0.6) is 0 Å². The summed E-state index contributed by atoms with van der Waals surface area (Å²) < 4.78 is 0. The average Bonchev–Trinajstić information content (AvgIpc) is 2.55. The van der Waals surface area contributed by atoms with Gasteiger partial charge in [-0.25, -0.2) is 4.79 Å². The first kappa shape index (κ1) is 17.0. The number of nitrogens with zero attached hydrogens (tertiary/aromatic N) is 1. The lowest BCUT2D eigenvalue weighted by atomic mass is 9.90. The zero-order valence-corrected chi connectivity index (χ0v) is 13.6. The molecular formula is C17H22N2O4. The van der Waals surface area contributed by atoms with E-state index in [1.54, 1.807) is 19.2 Å². The standard InChI is InChI=1S/C17H22N2O4/c1-10-5-4-6-13(11(10)2)16(21)19-9-12(15(20)18-3)7-8-14(19)17(22)23/h4-6,12,14H,7-9H2,1-3H3,(H,18,20)(H,22,23)/t12-,14-/m0/s1. The van der Waals surface area contributed by atoms with Crippen LogP contribution in [-0.4, -0.2) is 47.4 Å². The Kier molecular flexibility index (Phi) is 5.03. The summed E-state index contributed by atoms with van der Waals surface area (Å²) in [4.78, 5) is 37.6. The molecule has 2 N–H and O–H groups in total. The second-order valence-corrected chi connectivity index (χ2v) is 5.95. The van der Waals surface area contributed by atoms with Crippen molar-refractivity contribution in [1.29, 1.82) is 0 Å². The minimum atomic E-state index is -1.03. The van der Waals surface area contributed by atoms with E-state index in [0.29, 0.717) is 12.0 Å². The van der Waals surface area contributed by atoms with Gasteiger partial charge in [0, 0.05) is 19.2 Å². The van der Waals surface area contributed by atoms with E-state index < -0.39 is 12.0 Å². The van der Waals surface area contributed by atoms with E-state index in [0.717, 1.165) is 11.1 Å². The van der Waals surface area contributed by atoms with Gasteiger partial charge in [-0.2, -0.15) is 0 Å². The second-order valence-electron chi connectivity index (χ2n) is 5.95. The van der Waals surface area contributed by atoms with E-state index in [2.05, 4.69) is 5.32 Å². The summed E-state index contributed by atoms with van der Waals surface area (Å²) in [6, 6.07) is 4.51. The number of carbonyl (C=O) groups excluding carboxylic acids is 2. The fourth-order valence-electron chi connectivity index (χ4n) is 3.01. The molecule has 1 fully saturated rings. The first-order valence-corrected chi connectivity index (χ1v) is 7.68. The van der Waals surface area contributed by atoms with Crippen LogP contribution in [0.25, 0.3) is 0 Å². The third-order valence-electron chi connectivity index (χ3n) is 4.58. The largest absolute Gasteiger partial charge is 0.480 e. The van der Waals surface area contributed by atoms with Crippen molar-refractivity contribution in [1.82, 2.24) is 10.2 Å². The quantitative estimate of drug-likeness (QED) is 0.881. The van der Waals surface area contributed by atoms with Crippen molar-refractivity contribution in [3.63, 3.8) is 0 Å². The number of carbonyl (C=O) groups is 3. The molecule has 1 aliphatic rings. The lowest BCUT2D eigenvalue weighted by Gasteiger charge is -2.37. The number of rotatable bonds is 3. The van der Waals surface area contributed by atoms with E-state index in [1.165, 1.54) is 4.90 Å². The highest BCUT2D eigenvalue weighted by Crippen LogP contribution is 2.26. The Morgan fingerprint density at radius 2 is 1.91 bits per heavy atom. The van der Waals surface area contributed by atoms with Crippen LogP contribution in [0.2, 0.25) is 0 Å². The van der Waals surface area contributed by atoms with Gasteiger partial charge in [0.1, 0.15) is 6.04 Å². The number of likely N-dealkylation sites (tertiary alicyclic amines) is 1. The Balaban J connectivity index is 2.34. The van der Waals surface area contributed by atoms with Gasteiger partial charge in [0.25, 0.3) is 5.91 Å². The number of piperidine rings is 1. The number of hydrogen-bond acceptors (Lipinski definition) is 3. The maximum Gasteiger partial charge on any atom is 0.326 e. The number of nitrogens with one attached hydrogen (secondary N) is 1. The van der Waals surface area contributed by atoms with Gasteiger partial charge in [-0.1, -0.05) is 12.1 Å². The molecule has 124 valence electrons. The number of aryl methyl sites for hydroxylation is 1. The average molecular weight is 318 g/mol. The Hall–Kier alpha value is -2.37. The molecule has 0 aromatic heterocycles. The fraction of sp³-hybridized carbons (Fsp3) is 0.471. The van der Waals surface area contributed by atoms with Crippen LogP contribution >= 0.6 is 0 Å². The highest BCUT2D eigenvalue weighted by atomic mass is 16.4. The highest BCUT2D eigenvalue weighted by molar-refractivity contribution is 5.98. The third-order valence-corrected chi connectivity index (χ3v) is 4.58. The topological polar surface area (TPSA) is 86.7 Å². The maximum atomic E-state index is 12.9. The van der Waals surface area contributed by atoms with E-state index in [4.69, 9.17) is 0 Å². The summed E-state index contributed by atoms with van der Waals surface area (Å²) >= 11 is 0. The fourth-order valence-corrected chi connectivity index (χ4v) is 3.01. The zero-order valence-electron chi connectivity index (χ0n) is 13.6. The van der Waals surface area contributed by atoms with Gasteiger partial charge in [-0.3, -0.25) is 9.59 Å². The lowest BCUT2D eigenvalue weighted by Crippen LogP contribution is -2.53. The summed E-state index contributed by atoms with van der Waals surface area (Å²) in [6.07, 6.45) is 0.747. The molecule has 2 amide bonds. The maximum absolute atomic E-state index is 12.9. The molecule has 0 saturated carbocycles. The molecule has 0 bridgehead atoms. The smallest absolute Gasteiger partial charge is 0.326 e. The minimum absolute atomic E-state index is 0.128. The van der Waals surface area contributed by atoms with Gasteiger partial charge in [0.15, 0.2) is 0 Å². The number of amides is 2. The second kappa shape index (κ2) is 6.81. The van der Waals surface area contributed by atoms with Gasteiger partial charge >= 0.3 is 5.97 Å². The highest BCUT2D eigenvalue weighted by Gasteiger charge is 2.38. The van der Waals surface area contributed by atoms with E-state index >= 15 is 0 Å². The molecule has 0 aliphatic carbocycles. The van der Waals surface area contributed by atoms with Crippen LogP contribution in [-0.2, 0) is 9.59 Å². The van der Waals surface area contributed by atoms with Gasteiger partial charge in [0.05, 0.1) is 5.92 Å². The summed E-state index contributed by atoms with van der Waals surface area (Å²) in [5, 5.41) is 12.0. The van der Waals surface area contributed by atoms with Crippen molar-refractivity contribution in [2.45, 2.75) is 32.7 Å². The van der Waals surface area contributed by atoms with Crippen LogP contribution in [0.15, 0.2) is 18.2 Å². The van der Waals surface area contributed by atoms with Gasteiger partial charge in [-0.05, 0) is 43.9 Å². The van der Waals surface area contributed by atoms with Crippen molar-refractivity contribution in [2.75, 3.05) is 13.6 Å². The summed E-state index contributed by atoms with van der Waals surface area (Å²) in [5.41, 5.74) is 2.31. The normalized spacial score (nSPS) is 20.9. The minimum Gasteiger partial charge on any atom is -0.480 e. The van der Waals surface area contributed by atoms with E-state index in [1.807, 2.05) is 19.9 Å². The van der Waals surface area contributed by atoms with Crippen LogP contribution < -0.4 is 5.32 Å². The summed E-state index contributed by atoms with van der Waals surface area (Å²) in [7, 11) is 1.54. The molecular weight excluding hydrogens is 296 g/mol. The molecule has 0 radical (unpaired) electrons. The van der Waals surface area contributed by atoms with Gasteiger partial charge in [-0.15, -0.1) is 0 Å². The predicted molar refractivity (Wildman–Crippen MR) is 85.2 cm³/mol. The molecule has 0 spiro atoms. The zero-order chi connectivity index (χ0) is 17.1. The van der Waals surface area contributed by atoms with Crippen LogP contribution in [0.4, 0.5) is 0 Å². The number of carboxylic acid groups (broad SMARTS) is 1. The Morgan fingerprint density at radius 1 is 1.22 bits per heavy atom. The lowest BCUT2D eigenvalue weighted by molar-refractivity contribution is -0.145. The summed E-state index contributed by atoms with van der Waals surface area (Å²) in [5.74, 6) is -1.89. The molecule has 1 saturated heterocycles. The first-order chi connectivity index (χ1) is 10.9. The van der Waals surface area contributed by atoms with Crippen molar-refractivity contribution < 1.29 is 19.5 Å². The molecule has 0 unspecified atom stereocenters. The van der Waals surface area contributed by atoms with Crippen molar-refractivity contribution in [3.05, 3.63) is 34.9 Å². The molecule has 6 heteroatoms. The van der Waals surface area contributed by atoms with Gasteiger partial charge < -0.3 is 15.3 Å². The number of aliphatic carboxylic acids is 1. The molecule has 2 atom stereocenters. The Labute approximate surface area is 135 Å².